The Balaban J connectivity index is 2.27. The molecule has 1 aliphatic heterocycles. The molecule has 1 aliphatic rings. The van der Waals surface area contributed by atoms with Gasteiger partial charge in [-0.25, -0.2) is 4.98 Å². The van der Waals surface area contributed by atoms with Gasteiger partial charge in [-0.1, -0.05) is 0 Å². The molecule has 1 aromatic heterocycles. The second-order valence-corrected chi connectivity index (χ2v) is 4.03. The number of rotatable bonds is 1. The maximum Gasteiger partial charge on any atom is 0.239 e. The van der Waals surface area contributed by atoms with Crippen LogP contribution in [0, 0.1) is 0 Å². The fourth-order valence-corrected chi connectivity index (χ4v) is 1.85. The zero-order valence-corrected chi connectivity index (χ0v) is 9.49. The maximum atomic E-state index is 11.2. The number of aromatic nitrogens is 2. The molecule has 0 saturated carbocycles. The molecule has 1 fully saturated rings. The lowest BCUT2D eigenvalue weighted by molar-refractivity contribution is -0.120. The largest absolute Gasteiger partial charge is 0.368 e. The first-order chi connectivity index (χ1) is 7.16. The third kappa shape index (κ3) is 2.17. The fourth-order valence-electron chi connectivity index (χ4n) is 1.41. The summed E-state index contributed by atoms with van der Waals surface area (Å²) in [6, 6.07) is 0. The normalized spacial score (nSPS) is 16.3. The molecular formula is C8H10BrN5O. The van der Waals surface area contributed by atoms with Crippen LogP contribution in [0.3, 0.4) is 0 Å². The van der Waals surface area contributed by atoms with Crippen LogP contribution in [0.4, 0.5) is 11.8 Å². The van der Waals surface area contributed by atoms with Crippen molar-refractivity contribution in [3.63, 3.8) is 0 Å². The molecule has 7 heteroatoms. The molecular weight excluding hydrogens is 262 g/mol. The monoisotopic (exact) mass is 271 g/mol. The summed E-state index contributed by atoms with van der Waals surface area (Å²) < 4.78 is 0.742. The van der Waals surface area contributed by atoms with Crippen molar-refractivity contribution in [3.8, 4) is 0 Å². The average molecular weight is 272 g/mol. The number of piperazine rings is 1. The number of nitrogens with two attached hydrogens (primary N) is 1. The predicted octanol–water partition coefficient (Wildman–Crippen LogP) is -0.243. The van der Waals surface area contributed by atoms with Crippen molar-refractivity contribution in [2.75, 3.05) is 30.3 Å². The van der Waals surface area contributed by atoms with Gasteiger partial charge in [0.1, 0.15) is 5.82 Å². The van der Waals surface area contributed by atoms with Crippen molar-refractivity contribution in [3.05, 3.63) is 10.7 Å². The second-order valence-electron chi connectivity index (χ2n) is 3.17. The van der Waals surface area contributed by atoms with Crippen LogP contribution >= 0.6 is 15.9 Å². The first kappa shape index (κ1) is 10.2. The lowest BCUT2D eigenvalue weighted by Gasteiger charge is -2.28. The van der Waals surface area contributed by atoms with Crippen LogP contribution in [0.2, 0.25) is 0 Å². The minimum absolute atomic E-state index is 0.00895. The highest BCUT2D eigenvalue weighted by Gasteiger charge is 2.19. The molecule has 1 amide bonds. The molecule has 0 bridgehead atoms. The van der Waals surface area contributed by atoms with Crippen LogP contribution in [-0.4, -0.2) is 35.5 Å². The van der Waals surface area contributed by atoms with Crippen molar-refractivity contribution >= 4 is 33.6 Å². The van der Waals surface area contributed by atoms with Crippen LogP contribution in [-0.2, 0) is 4.79 Å². The summed E-state index contributed by atoms with van der Waals surface area (Å²) in [5.74, 6) is 0.863. The first-order valence-electron chi connectivity index (χ1n) is 4.46. The Kier molecular flexibility index (Phi) is 2.72. The zero-order valence-electron chi connectivity index (χ0n) is 7.90. The van der Waals surface area contributed by atoms with E-state index in [-0.39, 0.29) is 11.9 Å². The summed E-state index contributed by atoms with van der Waals surface area (Å²) >= 11 is 3.33. The number of nitrogens with one attached hydrogen (secondary N) is 1. The van der Waals surface area contributed by atoms with Gasteiger partial charge in [0, 0.05) is 19.3 Å². The number of nitrogens with zero attached hydrogens (tertiary/aromatic N) is 3. The number of hydrogen-bond donors (Lipinski definition) is 2. The third-order valence-electron chi connectivity index (χ3n) is 2.08. The van der Waals surface area contributed by atoms with Gasteiger partial charge in [-0.3, -0.25) is 4.79 Å². The Bertz CT molecular complexity index is 397. The Hall–Kier alpha value is -1.37. The number of nitrogen functional groups attached to an aromatic ring is 1. The highest BCUT2D eigenvalue weighted by atomic mass is 79.9. The Morgan fingerprint density at radius 2 is 2.40 bits per heavy atom. The molecule has 1 saturated heterocycles. The summed E-state index contributed by atoms with van der Waals surface area (Å²) in [6.45, 7) is 1.64. The van der Waals surface area contributed by atoms with E-state index in [4.69, 9.17) is 5.73 Å². The molecule has 0 spiro atoms. The molecule has 15 heavy (non-hydrogen) atoms. The number of amides is 1. The van der Waals surface area contributed by atoms with E-state index in [9.17, 15) is 4.79 Å². The predicted molar refractivity (Wildman–Crippen MR) is 59.4 cm³/mol. The maximum absolute atomic E-state index is 11.2. The molecule has 0 unspecified atom stereocenters. The van der Waals surface area contributed by atoms with Gasteiger partial charge in [0.05, 0.1) is 11.0 Å². The lowest BCUT2D eigenvalue weighted by atomic mass is 10.3. The average Bonchev–Trinajstić information content (AvgIpc) is 2.22. The molecule has 0 radical (unpaired) electrons. The quantitative estimate of drug-likeness (QED) is 0.737. The molecule has 1 aromatic rings. The van der Waals surface area contributed by atoms with E-state index in [0.717, 1.165) is 11.0 Å². The first-order valence-corrected chi connectivity index (χ1v) is 5.26. The van der Waals surface area contributed by atoms with E-state index < -0.39 is 0 Å². The van der Waals surface area contributed by atoms with Gasteiger partial charge in [-0.15, -0.1) is 0 Å². The Morgan fingerprint density at radius 3 is 3.13 bits per heavy atom. The van der Waals surface area contributed by atoms with E-state index in [2.05, 4.69) is 31.2 Å². The number of hydrogen-bond acceptors (Lipinski definition) is 5. The summed E-state index contributed by atoms with van der Waals surface area (Å²) in [4.78, 5) is 21.0. The van der Waals surface area contributed by atoms with Gasteiger partial charge in [0.25, 0.3) is 0 Å². The standard InChI is InChI=1S/C8H10BrN5O/c9-5-3-12-8(10)13-7(5)14-2-1-11-6(15)4-14/h3H,1-2,4H2,(H,11,15)(H2,10,12,13). The van der Waals surface area contributed by atoms with E-state index in [0.29, 0.717) is 18.9 Å². The minimum atomic E-state index is -0.00895. The second kappa shape index (κ2) is 4.01. The van der Waals surface area contributed by atoms with Crippen LogP contribution in [0.5, 0.6) is 0 Å². The molecule has 0 aliphatic carbocycles. The van der Waals surface area contributed by atoms with E-state index >= 15 is 0 Å². The van der Waals surface area contributed by atoms with Crippen molar-refractivity contribution in [1.29, 1.82) is 0 Å². The van der Waals surface area contributed by atoms with Crippen LogP contribution < -0.4 is 16.0 Å². The van der Waals surface area contributed by atoms with E-state index in [1.807, 2.05) is 4.90 Å². The van der Waals surface area contributed by atoms with Crippen molar-refractivity contribution in [2.24, 2.45) is 0 Å². The van der Waals surface area contributed by atoms with Gasteiger partial charge >= 0.3 is 0 Å². The number of anilines is 2. The summed E-state index contributed by atoms with van der Waals surface area (Å²) in [6.07, 6.45) is 1.59. The third-order valence-corrected chi connectivity index (χ3v) is 2.64. The Labute approximate surface area is 95.0 Å². The summed E-state index contributed by atoms with van der Waals surface area (Å²) in [7, 11) is 0. The smallest absolute Gasteiger partial charge is 0.239 e. The van der Waals surface area contributed by atoms with Crippen molar-refractivity contribution < 1.29 is 4.79 Å². The minimum Gasteiger partial charge on any atom is -0.368 e. The van der Waals surface area contributed by atoms with Gasteiger partial charge in [-0.2, -0.15) is 4.98 Å². The lowest BCUT2D eigenvalue weighted by Crippen LogP contribution is -2.48. The molecule has 80 valence electrons. The summed E-state index contributed by atoms with van der Waals surface area (Å²) in [5, 5.41) is 2.75. The molecule has 0 aromatic carbocycles. The van der Waals surface area contributed by atoms with Gasteiger partial charge in [0.15, 0.2) is 0 Å². The van der Waals surface area contributed by atoms with Crippen molar-refractivity contribution in [1.82, 2.24) is 15.3 Å². The van der Waals surface area contributed by atoms with Crippen LogP contribution in [0.25, 0.3) is 0 Å². The molecule has 6 nitrogen and oxygen atoms in total. The van der Waals surface area contributed by atoms with Gasteiger partial charge in [-0.05, 0) is 15.9 Å². The van der Waals surface area contributed by atoms with Gasteiger partial charge < -0.3 is 16.0 Å². The molecule has 2 rings (SSSR count). The van der Waals surface area contributed by atoms with Gasteiger partial charge in [0.2, 0.25) is 11.9 Å². The van der Waals surface area contributed by atoms with Crippen LogP contribution in [0.15, 0.2) is 10.7 Å². The fraction of sp³-hybridized carbons (Fsp3) is 0.375. The highest BCUT2D eigenvalue weighted by molar-refractivity contribution is 9.10. The summed E-state index contributed by atoms with van der Waals surface area (Å²) in [5.41, 5.74) is 5.50. The number of carbonyl (C=O) groups is 1. The SMILES string of the molecule is Nc1ncc(Br)c(N2CCNC(=O)C2)n1. The highest BCUT2D eigenvalue weighted by Crippen LogP contribution is 2.23. The zero-order chi connectivity index (χ0) is 10.8. The number of carbonyl (C=O) groups excluding carboxylic acids is 1. The van der Waals surface area contributed by atoms with E-state index in [1.54, 1.807) is 6.20 Å². The molecule has 0 atom stereocenters. The number of halogens is 1. The topological polar surface area (TPSA) is 84.1 Å². The molecule has 3 N–H and O–H groups in total. The molecule has 2 heterocycles. The Morgan fingerprint density at radius 1 is 1.60 bits per heavy atom. The van der Waals surface area contributed by atoms with Crippen molar-refractivity contribution in [2.45, 2.75) is 0 Å². The van der Waals surface area contributed by atoms with Crippen LogP contribution in [0.1, 0.15) is 0 Å². The van der Waals surface area contributed by atoms with E-state index in [1.165, 1.54) is 0 Å².